The minimum absolute atomic E-state index is 0. The third-order valence-electron chi connectivity index (χ3n) is 3.01. The molecule has 2 heterocycles. The Morgan fingerprint density at radius 3 is 2.81 bits per heavy atom. The molecular weight excluding hydrogens is 230 g/mol. The molecule has 2 aliphatic rings. The summed E-state index contributed by atoms with van der Waals surface area (Å²) in [7, 11) is 0. The number of amides is 2. The minimum Gasteiger partial charge on any atom is -0.355 e. The average molecular weight is 248 g/mol. The van der Waals surface area contributed by atoms with Crippen molar-refractivity contribution in [3.8, 4) is 0 Å². The van der Waals surface area contributed by atoms with Gasteiger partial charge in [-0.25, -0.2) is 0 Å². The number of nitrogens with one attached hydrogen (secondary N) is 2. The molecule has 0 spiro atoms. The molecule has 1 unspecified atom stereocenters. The Hall–Kier alpha value is -0.810. The summed E-state index contributed by atoms with van der Waals surface area (Å²) >= 11 is 0. The van der Waals surface area contributed by atoms with Crippen LogP contribution in [0.2, 0.25) is 0 Å². The van der Waals surface area contributed by atoms with Crippen LogP contribution in [0, 0.1) is 5.92 Å². The number of carbonyl (C=O) groups is 2. The van der Waals surface area contributed by atoms with Crippen LogP contribution in [-0.2, 0) is 9.59 Å². The highest BCUT2D eigenvalue weighted by Crippen LogP contribution is 2.13. The zero-order chi connectivity index (χ0) is 10.8. The molecule has 0 radical (unpaired) electrons. The van der Waals surface area contributed by atoms with E-state index >= 15 is 0 Å². The maximum atomic E-state index is 12.0. The highest BCUT2D eigenvalue weighted by Gasteiger charge is 2.32. The number of nitrogens with zero attached hydrogens (tertiary/aromatic N) is 1. The van der Waals surface area contributed by atoms with Crippen LogP contribution < -0.4 is 10.6 Å². The van der Waals surface area contributed by atoms with E-state index in [9.17, 15) is 9.59 Å². The molecule has 16 heavy (non-hydrogen) atoms. The molecule has 0 aliphatic carbocycles. The molecule has 0 aromatic rings. The molecule has 0 saturated carbocycles. The summed E-state index contributed by atoms with van der Waals surface area (Å²) in [5, 5.41) is 5.99. The highest BCUT2D eigenvalue weighted by atomic mass is 35.5. The smallest absolute Gasteiger partial charge is 0.228 e. The van der Waals surface area contributed by atoms with Crippen LogP contribution >= 0.6 is 12.4 Å². The van der Waals surface area contributed by atoms with Crippen molar-refractivity contribution >= 4 is 24.2 Å². The highest BCUT2D eigenvalue weighted by molar-refractivity contribution is 5.89. The lowest BCUT2D eigenvalue weighted by Gasteiger charge is -2.33. The van der Waals surface area contributed by atoms with Crippen LogP contribution in [0.1, 0.15) is 13.3 Å². The second-order valence-electron chi connectivity index (χ2n) is 4.34. The van der Waals surface area contributed by atoms with E-state index in [0.717, 1.165) is 19.6 Å². The molecule has 6 heteroatoms. The van der Waals surface area contributed by atoms with E-state index in [1.165, 1.54) is 0 Å². The Morgan fingerprint density at radius 2 is 2.25 bits per heavy atom. The molecule has 2 saturated heterocycles. The first-order valence-corrected chi connectivity index (χ1v) is 5.45. The summed E-state index contributed by atoms with van der Waals surface area (Å²) in [6, 6.07) is 0.354. The number of rotatable bonds is 1. The van der Waals surface area contributed by atoms with Gasteiger partial charge < -0.3 is 15.5 Å². The van der Waals surface area contributed by atoms with Gasteiger partial charge in [0.15, 0.2) is 0 Å². The van der Waals surface area contributed by atoms with E-state index in [1.54, 1.807) is 0 Å². The second-order valence-corrected chi connectivity index (χ2v) is 4.34. The topological polar surface area (TPSA) is 61.4 Å². The molecule has 2 aliphatic heterocycles. The van der Waals surface area contributed by atoms with Crippen molar-refractivity contribution in [2.75, 3.05) is 26.2 Å². The Labute approximate surface area is 101 Å². The minimum atomic E-state index is -0.136. The quantitative estimate of drug-likeness (QED) is 0.648. The first-order valence-electron chi connectivity index (χ1n) is 5.45. The van der Waals surface area contributed by atoms with Crippen LogP contribution in [0.4, 0.5) is 0 Å². The molecule has 5 nitrogen and oxygen atoms in total. The molecule has 0 bridgehead atoms. The number of halogens is 1. The van der Waals surface area contributed by atoms with Crippen LogP contribution in [0.3, 0.4) is 0 Å². The van der Waals surface area contributed by atoms with Gasteiger partial charge >= 0.3 is 0 Å². The molecule has 2 N–H and O–H groups in total. The van der Waals surface area contributed by atoms with Crippen molar-refractivity contribution in [1.29, 1.82) is 0 Å². The standard InChI is InChI=1S/C10H17N3O2.ClH/c1-7-6-13(3-2-11-7)10(15)8-4-9(14)12-5-8;/h7-8,11H,2-6H2,1H3,(H,12,14);1H/t7-,8?;/m0./s1. The van der Waals surface area contributed by atoms with Crippen LogP contribution in [0.5, 0.6) is 0 Å². The van der Waals surface area contributed by atoms with E-state index < -0.39 is 0 Å². The summed E-state index contributed by atoms with van der Waals surface area (Å²) in [4.78, 5) is 24.9. The van der Waals surface area contributed by atoms with E-state index in [2.05, 4.69) is 17.6 Å². The van der Waals surface area contributed by atoms with E-state index in [0.29, 0.717) is 19.0 Å². The Bertz CT molecular complexity index is 285. The van der Waals surface area contributed by atoms with E-state index in [4.69, 9.17) is 0 Å². The third-order valence-corrected chi connectivity index (χ3v) is 3.01. The van der Waals surface area contributed by atoms with Crippen molar-refractivity contribution in [2.24, 2.45) is 5.92 Å². The number of carbonyl (C=O) groups excluding carboxylic acids is 2. The van der Waals surface area contributed by atoms with Crippen molar-refractivity contribution in [3.63, 3.8) is 0 Å². The van der Waals surface area contributed by atoms with Crippen molar-refractivity contribution in [2.45, 2.75) is 19.4 Å². The fourth-order valence-electron chi connectivity index (χ4n) is 2.17. The summed E-state index contributed by atoms with van der Waals surface area (Å²) in [5.74, 6) is -0.0129. The maximum absolute atomic E-state index is 12.0. The van der Waals surface area contributed by atoms with Crippen LogP contribution in [-0.4, -0.2) is 48.9 Å². The van der Waals surface area contributed by atoms with Gasteiger partial charge in [-0.05, 0) is 6.92 Å². The molecule has 2 atom stereocenters. The molecule has 2 amide bonds. The Balaban J connectivity index is 0.00000128. The van der Waals surface area contributed by atoms with Crippen molar-refractivity contribution < 1.29 is 9.59 Å². The summed E-state index contributed by atoms with van der Waals surface area (Å²) in [6.07, 6.45) is 0.358. The van der Waals surface area contributed by atoms with Gasteiger partial charge in [-0.1, -0.05) is 0 Å². The summed E-state index contributed by atoms with van der Waals surface area (Å²) in [6.45, 7) is 4.94. The Morgan fingerprint density at radius 1 is 1.50 bits per heavy atom. The fraction of sp³-hybridized carbons (Fsp3) is 0.800. The SMILES string of the molecule is C[C@H]1CN(C(=O)C2CNC(=O)C2)CCN1.Cl. The van der Waals surface area contributed by atoms with Crippen molar-refractivity contribution in [3.05, 3.63) is 0 Å². The number of piperazine rings is 1. The monoisotopic (exact) mass is 247 g/mol. The lowest BCUT2D eigenvalue weighted by atomic mass is 10.1. The molecule has 2 rings (SSSR count). The zero-order valence-electron chi connectivity index (χ0n) is 9.36. The van der Waals surface area contributed by atoms with Gasteiger partial charge in [0.2, 0.25) is 11.8 Å². The number of hydrogen-bond donors (Lipinski definition) is 2. The first kappa shape index (κ1) is 13.3. The summed E-state index contributed by atoms with van der Waals surface area (Å²) in [5.41, 5.74) is 0. The van der Waals surface area contributed by atoms with E-state index in [-0.39, 0.29) is 30.1 Å². The van der Waals surface area contributed by atoms with Crippen LogP contribution in [0.15, 0.2) is 0 Å². The Kier molecular flexibility index (Phi) is 4.56. The lowest BCUT2D eigenvalue weighted by Crippen LogP contribution is -2.53. The van der Waals surface area contributed by atoms with Gasteiger partial charge in [0, 0.05) is 38.6 Å². The van der Waals surface area contributed by atoms with Gasteiger partial charge in [0.25, 0.3) is 0 Å². The van der Waals surface area contributed by atoms with Crippen LogP contribution in [0.25, 0.3) is 0 Å². The van der Waals surface area contributed by atoms with Gasteiger partial charge in [0.05, 0.1) is 5.92 Å². The maximum Gasteiger partial charge on any atom is 0.228 e. The van der Waals surface area contributed by atoms with Gasteiger partial charge in [-0.15, -0.1) is 12.4 Å². The zero-order valence-corrected chi connectivity index (χ0v) is 10.2. The normalized spacial score (nSPS) is 29.6. The molecule has 0 aromatic heterocycles. The summed E-state index contributed by atoms with van der Waals surface area (Å²) < 4.78 is 0. The molecular formula is C10H18ClN3O2. The average Bonchev–Trinajstić information content (AvgIpc) is 2.64. The predicted molar refractivity (Wildman–Crippen MR) is 62.4 cm³/mol. The second kappa shape index (κ2) is 5.50. The largest absolute Gasteiger partial charge is 0.355 e. The number of hydrogen-bond acceptors (Lipinski definition) is 3. The predicted octanol–water partition coefficient (Wildman–Crippen LogP) is -0.635. The first-order chi connectivity index (χ1) is 7.16. The molecule has 92 valence electrons. The molecule has 2 fully saturated rings. The lowest BCUT2D eigenvalue weighted by molar-refractivity contribution is -0.136. The van der Waals surface area contributed by atoms with Gasteiger partial charge in [0.1, 0.15) is 0 Å². The van der Waals surface area contributed by atoms with E-state index in [1.807, 2.05) is 4.90 Å². The van der Waals surface area contributed by atoms with Gasteiger partial charge in [-0.2, -0.15) is 0 Å². The fourth-order valence-corrected chi connectivity index (χ4v) is 2.17. The van der Waals surface area contributed by atoms with Gasteiger partial charge in [-0.3, -0.25) is 9.59 Å². The molecule has 0 aromatic carbocycles. The van der Waals surface area contributed by atoms with Crippen molar-refractivity contribution in [1.82, 2.24) is 15.5 Å². The third kappa shape index (κ3) is 2.86.